The Morgan fingerprint density at radius 3 is 2.74 bits per heavy atom. The average Bonchev–Trinajstić information content (AvgIpc) is 2.61. The third-order valence-electron chi connectivity index (χ3n) is 3.92. The summed E-state index contributed by atoms with van der Waals surface area (Å²) in [6.45, 7) is 0.361. The van der Waals surface area contributed by atoms with E-state index in [0.29, 0.717) is 0 Å². The highest BCUT2D eigenvalue weighted by atomic mass is 35.5. The van der Waals surface area contributed by atoms with Crippen LogP contribution in [-0.4, -0.2) is 48.9 Å². The minimum absolute atomic E-state index is 0.117. The number of esters is 1. The number of ether oxygens (including phenoxy) is 1. The molecule has 0 aromatic heterocycles. The molecule has 1 atom stereocenters. The molecule has 0 unspecified atom stereocenters. The Balaban J connectivity index is 2.19. The molecule has 1 aliphatic rings. The van der Waals surface area contributed by atoms with Gasteiger partial charge in [0.25, 0.3) is 0 Å². The fourth-order valence-electron chi connectivity index (χ4n) is 2.55. The maximum Gasteiger partial charge on any atom is 0.417 e. The largest absolute Gasteiger partial charge is 0.469 e. The Hall–Kier alpha value is -2.55. The van der Waals surface area contributed by atoms with Crippen molar-refractivity contribution in [1.82, 2.24) is 10.2 Å². The van der Waals surface area contributed by atoms with Gasteiger partial charge in [-0.05, 0) is 23.8 Å². The highest BCUT2D eigenvalue weighted by Crippen LogP contribution is 2.35. The maximum atomic E-state index is 12.9. The summed E-state index contributed by atoms with van der Waals surface area (Å²) in [5.74, 6) is -1.77. The van der Waals surface area contributed by atoms with Crippen LogP contribution in [0.3, 0.4) is 0 Å². The molecule has 27 heavy (non-hydrogen) atoms. The number of methoxy groups -OCH3 is 1. The van der Waals surface area contributed by atoms with Crippen LogP contribution in [0, 0.1) is 0 Å². The van der Waals surface area contributed by atoms with Crippen molar-refractivity contribution in [3.63, 3.8) is 0 Å². The van der Waals surface area contributed by atoms with Crippen molar-refractivity contribution < 1.29 is 32.3 Å². The second-order valence-electron chi connectivity index (χ2n) is 5.69. The first-order valence-electron chi connectivity index (χ1n) is 7.83. The van der Waals surface area contributed by atoms with Crippen molar-refractivity contribution in [3.8, 4) is 0 Å². The van der Waals surface area contributed by atoms with E-state index < -0.39 is 40.6 Å². The number of hydrogen-bond acceptors (Lipinski definition) is 4. The predicted octanol–water partition coefficient (Wildman–Crippen LogP) is 2.26. The van der Waals surface area contributed by atoms with Crippen LogP contribution in [-0.2, 0) is 25.3 Å². The van der Waals surface area contributed by atoms with Gasteiger partial charge in [-0.15, -0.1) is 0 Å². The molecule has 146 valence electrons. The molecule has 1 aromatic rings. The number of rotatable bonds is 4. The summed E-state index contributed by atoms with van der Waals surface area (Å²) < 4.78 is 43.2. The minimum Gasteiger partial charge on any atom is -0.469 e. The van der Waals surface area contributed by atoms with Gasteiger partial charge >= 0.3 is 12.1 Å². The Morgan fingerprint density at radius 1 is 1.41 bits per heavy atom. The summed E-state index contributed by atoms with van der Waals surface area (Å²) in [5, 5.41) is 2.10. The molecule has 0 aliphatic carbocycles. The molecule has 1 saturated heterocycles. The first-order chi connectivity index (χ1) is 12.6. The van der Waals surface area contributed by atoms with E-state index in [1.165, 1.54) is 17.0 Å². The van der Waals surface area contributed by atoms with Crippen molar-refractivity contribution in [2.24, 2.45) is 0 Å². The Morgan fingerprint density at radius 2 is 2.11 bits per heavy atom. The molecule has 1 aromatic carbocycles. The Labute approximate surface area is 157 Å². The summed E-state index contributed by atoms with van der Waals surface area (Å²) in [7, 11) is 1.16. The predicted molar refractivity (Wildman–Crippen MR) is 90.6 cm³/mol. The highest BCUT2D eigenvalue weighted by Gasteiger charge is 2.35. The molecule has 1 heterocycles. The van der Waals surface area contributed by atoms with Gasteiger partial charge in [0, 0.05) is 19.2 Å². The monoisotopic (exact) mass is 404 g/mol. The Bertz CT molecular complexity index is 780. The fourth-order valence-corrected chi connectivity index (χ4v) is 2.77. The lowest BCUT2D eigenvalue weighted by molar-refractivity contribution is -0.148. The molecule has 0 saturated carbocycles. The molecule has 0 bridgehead atoms. The van der Waals surface area contributed by atoms with Gasteiger partial charge in [-0.1, -0.05) is 17.7 Å². The lowest BCUT2D eigenvalue weighted by atomic mass is 10.1. The van der Waals surface area contributed by atoms with Gasteiger partial charge in [0.15, 0.2) is 0 Å². The van der Waals surface area contributed by atoms with Crippen LogP contribution in [0.1, 0.15) is 17.5 Å². The molecule has 0 radical (unpaired) electrons. The van der Waals surface area contributed by atoms with Crippen LogP contribution in [0.25, 0.3) is 6.08 Å². The number of nitrogens with one attached hydrogen (secondary N) is 1. The number of benzene rings is 1. The zero-order valence-electron chi connectivity index (χ0n) is 14.2. The van der Waals surface area contributed by atoms with Gasteiger partial charge in [-0.3, -0.25) is 14.4 Å². The number of nitrogens with zero attached hydrogens (tertiary/aromatic N) is 1. The fraction of sp³-hybridized carbons (Fsp3) is 0.353. The molecular formula is C17H16ClF3N2O4. The molecular weight excluding hydrogens is 389 g/mol. The number of piperazine rings is 1. The standard InChI is InChI=1S/C17H16ClF3N2O4/c1-27-15(25)9-13-16(26)22-6-7-23(13)14(24)5-3-10-2-4-12(18)11(8-10)17(19,20)21/h2-5,8,13H,6-7,9H2,1H3,(H,22,26)/b5-3+/t13-/m1/s1. The highest BCUT2D eigenvalue weighted by molar-refractivity contribution is 6.31. The summed E-state index contributed by atoms with van der Waals surface area (Å²) in [5.41, 5.74) is -0.897. The third kappa shape index (κ3) is 5.22. The van der Waals surface area contributed by atoms with Crippen LogP contribution in [0.2, 0.25) is 5.02 Å². The molecule has 1 N–H and O–H groups in total. The third-order valence-corrected chi connectivity index (χ3v) is 4.25. The van der Waals surface area contributed by atoms with Crippen molar-refractivity contribution in [1.29, 1.82) is 0 Å². The minimum atomic E-state index is -4.62. The van der Waals surface area contributed by atoms with E-state index in [9.17, 15) is 27.6 Å². The van der Waals surface area contributed by atoms with Gasteiger partial charge in [0.2, 0.25) is 11.8 Å². The molecule has 2 amide bonds. The quantitative estimate of drug-likeness (QED) is 0.617. The van der Waals surface area contributed by atoms with Gasteiger partial charge in [-0.2, -0.15) is 13.2 Å². The lowest BCUT2D eigenvalue weighted by Gasteiger charge is -2.33. The van der Waals surface area contributed by atoms with Gasteiger partial charge in [-0.25, -0.2) is 0 Å². The SMILES string of the molecule is COC(=O)C[C@@H]1C(=O)NCCN1C(=O)/C=C/c1ccc(Cl)c(C(F)(F)F)c1. The van der Waals surface area contributed by atoms with Crippen molar-refractivity contribution >= 4 is 35.5 Å². The summed E-state index contributed by atoms with van der Waals surface area (Å²) in [6, 6.07) is 2.19. The van der Waals surface area contributed by atoms with Gasteiger partial charge < -0.3 is 15.0 Å². The van der Waals surface area contributed by atoms with Crippen LogP contribution >= 0.6 is 11.6 Å². The van der Waals surface area contributed by atoms with Gasteiger partial charge in [0.05, 0.1) is 24.1 Å². The molecule has 10 heteroatoms. The van der Waals surface area contributed by atoms with E-state index in [4.69, 9.17) is 11.6 Å². The summed E-state index contributed by atoms with van der Waals surface area (Å²) in [4.78, 5) is 37.0. The smallest absolute Gasteiger partial charge is 0.417 e. The van der Waals surface area contributed by atoms with E-state index >= 15 is 0 Å². The zero-order valence-corrected chi connectivity index (χ0v) is 14.9. The molecule has 2 rings (SSSR count). The maximum absolute atomic E-state index is 12.9. The lowest BCUT2D eigenvalue weighted by Crippen LogP contribution is -2.57. The number of carbonyl (C=O) groups is 3. The number of halogens is 4. The number of hydrogen-bond donors (Lipinski definition) is 1. The first-order valence-corrected chi connectivity index (χ1v) is 8.21. The number of carbonyl (C=O) groups excluding carboxylic acids is 3. The van der Waals surface area contributed by atoms with E-state index in [1.807, 2.05) is 0 Å². The van der Waals surface area contributed by atoms with E-state index in [1.54, 1.807) is 0 Å². The second kappa shape index (κ2) is 8.43. The van der Waals surface area contributed by atoms with Crippen LogP contribution < -0.4 is 5.32 Å². The number of amides is 2. The summed E-state index contributed by atoms with van der Waals surface area (Å²) >= 11 is 5.56. The van der Waals surface area contributed by atoms with Crippen LogP contribution in [0.15, 0.2) is 24.3 Å². The van der Waals surface area contributed by atoms with Crippen LogP contribution in [0.5, 0.6) is 0 Å². The number of alkyl halides is 3. The normalized spacial score (nSPS) is 17.7. The topological polar surface area (TPSA) is 75.7 Å². The van der Waals surface area contributed by atoms with Crippen LogP contribution in [0.4, 0.5) is 13.2 Å². The second-order valence-corrected chi connectivity index (χ2v) is 6.10. The molecule has 1 aliphatic heterocycles. The van der Waals surface area contributed by atoms with Crippen molar-refractivity contribution in [3.05, 3.63) is 40.4 Å². The van der Waals surface area contributed by atoms with Gasteiger partial charge in [0.1, 0.15) is 6.04 Å². The molecule has 6 nitrogen and oxygen atoms in total. The zero-order chi connectivity index (χ0) is 20.2. The van der Waals surface area contributed by atoms with E-state index in [-0.39, 0.29) is 25.1 Å². The van der Waals surface area contributed by atoms with E-state index in [0.717, 1.165) is 25.3 Å². The van der Waals surface area contributed by atoms with Crippen molar-refractivity contribution in [2.45, 2.75) is 18.6 Å². The molecule has 1 fully saturated rings. The first kappa shape index (κ1) is 20.8. The molecule has 0 spiro atoms. The van der Waals surface area contributed by atoms with E-state index in [2.05, 4.69) is 10.1 Å². The van der Waals surface area contributed by atoms with Crippen molar-refractivity contribution in [2.75, 3.05) is 20.2 Å². The summed E-state index contributed by atoms with van der Waals surface area (Å²) in [6.07, 6.45) is -2.70. The Kier molecular flexibility index (Phi) is 6.48. The average molecular weight is 405 g/mol.